The molecule has 2 fully saturated rings. The van der Waals surface area contributed by atoms with Crippen LogP contribution in [0.3, 0.4) is 0 Å². The number of hydrogen-bond donors (Lipinski definition) is 0. The third kappa shape index (κ3) is 11.5. The molecule has 0 spiro atoms. The average Bonchev–Trinajstić information content (AvgIpc) is 3.36. The van der Waals surface area contributed by atoms with Crippen molar-refractivity contribution in [1.29, 1.82) is 0 Å². The Morgan fingerprint density at radius 3 is 2.04 bits per heavy atom. The normalized spacial score (nSPS) is 30.5. The first-order chi connectivity index (χ1) is 22.9. The lowest BCUT2D eigenvalue weighted by molar-refractivity contribution is -0.359. The number of carbonyl (C=O) groups excluding carboxylic acids is 1. The monoisotopic (exact) mass is 856 g/mol. The van der Waals surface area contributed by atoms with Gasteiger partial charge in [0.05, 0.1) is 24.4 Å². The van der Waals surface area contributed by atoms with Gasteiger partial charge < -0.3 is 37.3 Å². The summed E-state index contributed by atoms with van der Waals surface area (Å²) in [7, 11) is 0.690. The SMILES string of the molecule is COC[C@H](C)C[C@H]1O[C@@](OC)([C@@H]2OC(=O)O[C@H]2C[C@H](OC)[C@H](CCC/C=C(\C)I)O[Si](C)(C)C(C)(C)C)[C@H](C)[C@@H](O[Si](C)(C)C(C)(C)C)[C@H]1C. The predicted octanol–water partition coefficient (Wildman–Crippen LogP) is 10.3. The van der Waals surface area contributed by atoms with E-state index in [2.05, 4.69) is 124 Å². The molecule has 9 nitrogen and oxygen atoms in total. The van der Waals surface area contributed by atoms with Gasteiger partial charge in [-0.25, -0.2) is 4.79 Å². The van der Waals surface area contributed by atoms with E-state index in [1.165, 1.54) is 3.58 Å². The van der Waals surface area contributed by atoms with Gasteiger partial charge in [0.1, 0.15) is 0 Å². The van der Waals surface area contributed by atoms with Crippen LogP contribution in [-0.2, 0) is 37.3 Å². The molecule has 0 saturated carbocycles. The molecule has 0 N–H and O–H groups in total. The Bertz CT molecular complexity index is 1100. The van der Waals surface area contributed by atoms with Gasteiger partial charge in [0.15, 0.2) is 28.8 Å². The van der Waals surface area contributed by atoms with Gasteiger partial charge in [-0.3, -0.25) is 0 Å². The summed E-state index contributed by atoms with van der Waals surface area (Å²) < 4.78 is 53.0. The van der Waals surface area contributed by atoms with Crippen molar-refractivity contribution >= 4 is 45.4 Å². The lowest BCUT2D eigenvalue weighted by Gasteiger charge is -2.55. The average molecular weight is 857 g/mol. The second kappa shape index (κ2) is 18.5. The zero-order valence-electron chi connectivity index (χ0n) is 34.6. The van der Waals surface area contributed by atoms with Gasteiger partial charge in [-0.05, 0) is 101 Å². The van der Waals surface area contributed by atoms with Crippen LogP contribution in [0.1, 0.15) is 101 Å². The lowest BCUT2D eigenvalue weighted by Crippen LogP contribution is -2.67. The fourth-order valence-electron chi connectivity index (χ4n) is 6.79. The number of methoxy groups -OCH3 is 3. The van der Waals surface area contributed by atoms with E-state index in [1.807, 2.05) is 0 Å². The van der Waals surface area contributed by atoms with Crippen LogP contribution in [0.5, 0.6) is 0 Å². The lowest BCUT2D eigenvalue weighted by atomic mass is 9.75. The van der Waals surface area contributed by atoms with Crippen LogP contribution in [-0.4, -0.2) is 93.1 Å². The molecular formula is C38H73IO9Si2. The largest absolute Gasteiger partial charge is 0.509 e. The van der Waals surface area contributed by atoms with Crippen LogP contribution in [0.15, 0.2) is 9.66 Å². The maximum atomic E-state index is 13.1. The number of cyclic esters (lactones) is 2. The summed E-state index contributed by atoms with van der Waals surface area (Å²) in [5, 5.41) is 0.0187. The van der Waals surface area contributed by atoms with E-state index < -0.39 is 40.8 Å². The summed E-state index contributed by atoms with van der Waals surface area (Å²) in [6.45, 7) is 31.8. The number of carbonyl (C=O) groups is 1. The Morgan fingerprint density at radius 1 is 0.940 bits per heavy atom. The van der Waals surface area contributed by atoms with Crippen LogP contribution < -0.4 is 0 Å². The number of halogens is 1. The third-order valence-electron chi connectivity index (χ3n) is 12.0. The first-order valence-corrected chi connectivity index (χ1v) is 25.6. The van der Waals surface area contributed by atoms with Crippen molar-refractivity contribution in [3.05, 3.63) is 9.66 Å². The Hall–Kier alpha value is -0.0662. The second-order valence-corrected chi connectivity index (χ2v) is 29.2. The summed E-state index contributed by atoms with van der Waals surface area (Å²) >= 11 is 2.36. The standard InChI is InChI=1S/C38H73IO9Si2/c1-25(24-41-11)22-30-27(3)33(48-50(16,17)37(8,9)10)28(4)38(43-13,46-30)34-32(44-35(40)45-34)23-31(42-12)29(21-19-18-20-26(2)39)47-49(14,15)36(5,6)7/h20,25,27-34H,18-19,21-24H2,1-17H3/b26-20+/t25-,27+,28-,29+,30-,31+,32+,33+,34-,38-/m1/s1. The third-order valence-corrected chi connectivity index (χ3v) is 21.4. The molecule has 2 saturated heterocycles. The first kappa shape index (κ1) is 46.1. The Kier molecular flexibility index (Phi) is 17.1. The fourth-order valence-corrected chi connectivity index (χ4v) is 9.94. The molecule has 0 aromatic rings. The van der Waals surface area contributed by atoms with Gasteiger partial charge in [-0.2, -0.15) is 0 Å². The van der Waals surface area contributed by atoms with Crippen molar-refractivity contribution in [2.24, 2.45) is 17.8 Å². The topological polar surface area (TPSA) is 90.9 Å². The summed E-state index contributed by atoms with van der Waals surface area (Å²) in [4.78, 5) is 13.1. The van der Waals surface area contributed by atoms with Gasteiger partial charge in [0, 0.05) is 46.2 Å². The molecule has 12 heteroatoms. The molecule has 2 aliphatic heterocycles. The molecule has 10 atom stereocenters. The molecule has 0 aliphatic carbocycles. The van der Waals surface area contributed by atoms with Crippen molar-refractivity contribution in [1.82, 2.24) is 0 Å². The molecule has 0 aromatic carbocycles. The molecule has 0 aromatic heterocycles. The van der Waals surface area contributed by atoms with Gasteiger partial charge in [0.25, 0.3) is 0 Å². The maximum absolute atomic E-state index is 13.1. The van der Waals surface area contributed by atoms with Crippen LogP contribution >= 0.6 is 22.6 Å². The van der Waals surface area contributed by atoms with Crippen molar-refractivity contribution in [3.8, 4) is 0 Å². The molecule has 2 rings (SSSR count). The molecule has 2 aliphatic rings. The minimum absolute atomic E-state index is 0.000821. The highest BCUT2D eigenvalue weighted by molar-refractivity contribution is 14.1. The molecule has 294 valence electrons. The minimum Gasteiger partial charge on any atom is -0.427 e. The van der Waals surface area contributed by atoms with E-state index in [9.17, 15) is 4.79 Å². The van der Waals surface area contributed by atoms with E-state index in [0.717, 1.165) is 25.7 Å². The fraction of sp³-hybridized carbons (Fsp3) is 0.921. The van der Waals surface area contributed by atoms with Gasteiger partial charge in [-0.1, -0.05) is 68.4 Å². The van der Waals surface area contributed by atoms with Gasteiger partial charge in [0.2, 0.25) is 5.79 Å². The van der Waals surface area contributed by atoms with Crippen molar-refractivity contribution in [2.45, 2.75) is 180 Å². The van der Waals surface area contributed by atoms with Crippen molar-refractivity contribution in [2.75, 3.05) is 27.9 Å². The molecule has 0 unspecified atom stereocenters. The number of rotatable bonds is 18. The van der Waals surface area contributed by atoms with E-state index in [4.69, 9.17) is 37.3 Å². The van der Waals surface area contributed by atoms with E-state index in [1.54, 1.807) is 21.3 Å². The molecular weight excluding hydrogens is 783 g/mol. The molecule has 0 amide bonds. The number of hydrogen-bond acceptors (Lipinski definition) is 9. The van der Waals surface area contributed by atoms with Crippen LogP contribution in [0, 0.1) is 17.8 Å². The van der Waals surface area contributed by atoms with Gasteiger partial charge in [-0.15, -0.1) is 0 Å². The zero-order chi connectivity index (χ0) is 38.5. The second-order valence-electron chi connectivity index (χ2n) is 18.0. The maximum Gasteiger partial charge on any atom is 0.509 e. The summed E-state index contributed by atoms with van der Waals surface area (Å²) in [5.41, 5.74) is 0. The Morgan fingerprint density at radius 2 is 1.54 bits per heavy atom. The highest BCUT2D eigenvalue weighted by atomic mass is 127. The van der Waals surface area contributed by atoms with Crippen LogP contribution in [0.2, 0.25) is 36.3 Å². The smallest absolute Gasteiger partial charge is 0.427 e. The first-order valence-electron chi connectivity index (χ1n) is 18.7. The number of ether oxygens (including phenoxy) is 6. The predicted molar refractivity (Wildman–Crippen MR) is 215 cm³/mol. The highest BCUT2D eigenvalue weighted by Gasteiger charge is 2.63. The molecule has 50 heavy (non-hydrogen) atoms. The molecule has 2 heterocycles. The number of unbranched alkanes of at least 4 members (excludes halogenated alkanes) is 1. The Balaban J connectivity index is 2.58. The number of allylic oxidation sites excluding steroid dienone is 2. The minimum atomic E-state index is -2.23. The summed E-state index contributed by atoms with van der Waals surface area (Å²) in [5.74, 6) is -1.30. The Labute approximate surface area is 321 Å². The highest BCUT2D eigenvalue weighted by Crippen LogP contribution is 2.50. The van der Waals surface area contributed by atoms with E-state index in [0.29, 0.717) is 13.0 Å². The van der Waals surface area contributed by atoms with Crippen molar-refractivity contribution < 1.29 is 42.1 Å². The summed E-state index contributed by atoms with van der Waals surface area (Å²) in [6.07, 6.45) is 2.89. The zero-order valence-corrected chi connectivity index (χ0v) is 38.7. The van der Waals surface area contributed by atoms with E-state index in [-0.39, 0.29) is 52.2 Å². The molecule has 0 radical (unpaired) electrons. The van der Waals surface area contributed by atoms with E-state index >= 15 is 0 Å². The van der Waals surface area contributed by atoms with Crippen LogP contribution in [0.25, 0.3) is 0 Å². The van der Waals surface area contributed by atoms with Gasteiger partial charge >= 0.3 is 6.16 Å². The summed E-state index contributed by atoms with van der Waals surface area (Å²) in [6, 6.07) is 0. The van der Waals surface area contributed by atoms with Crippen molar-refractivity contribution in [3.63, 3.8) is 0 Å². The van der Waals surface area contributed by atoms with Crippen LogP contribution in [0.4, 0.5) is 4.79 Å². The molecule has 0 bridgehead atoms. The quantitative estimate of drug-likeness (QED) is 0.0578.